The molecule has 0 saturated heterocycles. The summed E-state index contributed by atoms with van der Waals surface area (Å²) in [5.74, 6) is -2.71. The molecule has 4 nitrogen and oxygen atoms in total. The summed E-state index contributed by atoms with van der Waals surface area (Å²) in [6, 6.07) is 6.35. The fourth-order valence-electron chi connectivity index (χ4n) is 1.44. The second-order valence-electron chi connectivity index (χ2n) is 3.84. The van der Waals surface area contributed by atoms with Crippen LogP contribution < -0.4 is 4.72 Å². The molecule has 8 heteroatoms. The summed E-state index contributed by atoms with van der Waals surface area (Å²) in [7, 11) is -4.13. The van der Waals surface area contributed by atoms with Crippen LogP contribution in [-0.2, 0) is 10.0 Å². The highest BCUT2D eigenvalue weighted by atomic mass is 79.9. The molecule has 0 aliphatic carbocycles. The van der Waals surface area contributed by atoms with Gasteiger partial charge in [0.15, 0.2) is 11.6 Å². The van der Waals surface area contributed by atoms with Gasteiger partial charge in [0, 0.05) is 4.47 Å². The lowest BCUT2D eigenvalue weighted by Crippen LogP contribution is -2.13. The number of benzene rings is 2. The largest absolute Gasteiger partial charge is 0.506 e. The van der Waals surface area contributed by atoms with Gasteiger partial charge in [0.2, 0.25) is 0 Å². The number of phenols is 1. The second-order valence-corrected chi connectivity index (χ2v) is 6.44. The Morgan fingerprint density at radius 3 is 2.40 bits per heavy atom. The number of hydrogen-bond donors (Lipinski definition) is 2. The molecule has 0 radical (unpaired) electrons. The number of hydrogen-bond acceptors (Lipinski definition) is 3. The Hall–Kier alpha value is -1.67. The van der Waals surface area contributed by atoms with Crippen molar-refractivity contribution in [1.29, 1.82) is 0 Å². The second kappa shape index (κ2) is 5.37. The molecule has 0 spiro atoms. The molecular weight excluding hydrogens is 356 g/mol. The summed E-state index contributed by atoms with van der Waals surface area (Å²) in [6.07, 6.45) is 0. The van der Waals surface area contributed by atoms with E-state index in [2.05, 4.69) is 20.7 Å². The van der Waals surface area contributed by atoms with Gasteiger partial charge in [-0.1, -0.05) is 15.9 Å². The molecule has 20 heavy (non-hydrogen) atoms. The van der Waals surface area contributed by atoms with Crippen LogP contribution in [-0.4, -0.2) is 13.5 Å². The van der Waals surface area contributed by atoms with E-state index in [1.165, 1.54) is 18.2 Å². The fraction of sp³-hybridized carbons (Fsp3) is 0. The van der Waals surface area contributed by atoms with Gasteiger partial charge >= 0.3 is 0 Å². The van der Waals surface area contributed by atoms with Crippen LogP contribution >= 0.6 is 15.9 Å². The van der Waals surface area contributed by atoms with Crippen molar-refractivity contribution in [3.05, 3.63) is 52.5 Å². The first-order chi connectivity index (χ1) is 9.29. The molecule has 0 heterocycles. The Bertz CT molecular complexity index is 765. The van der Waals surface area contributed by atoms with Gasteiger partial charge in [-0.3, -0.25) is 4.72 Å². The van der Waals surface area contributed by atoms with E-state index >= 15 is 0 Å². The number of sulfonamides is 1. The highest BCUT2D eigenvalue weighted by molar-refractivity contribution is 9.10. The molecule has 2 aromatic carbocycles. The van der Waals surface area contributed by atoms with E-state index in [4.69, 9.17) is 0 Å². The van der Waals surface area contributed by atoms with Crippen molar-refractivity contribution >= 4 is 31.6 Å². The minimum Gasteiger partial charge on any atom is -0.506 e. The van der Waals surface area contributed by atoms with Crippen molar-refractivity contribution < 1.29 is 22.3 Å². The zero-order valence-electron chi connectivity index (χ0n) is 9.77. The number of rotatable bonds is 3. The van der Waals surface area contributed by atoms with E-state index in [1.807, 2.05) is 0 Å². The smallest absolute Gasteiger partial charge is 0.262 e. The Balaban J connectivity index is 2.40. The third-order valence-corrected chi connectivity index (χ3v) is 4.26. The van der Waals surface area contributed by atoms with Crippen LogP contribution in [0.1, 0.15) is 0 Å². The van der Waals surface area contributed by atoms with Crippen LogP contribution in [0.2, 0.25) is 0 Å². The molecular formula is C12H8BrF2NO3S. The number of nitrogens with one attached hydrogen (secondary N) is 1. The number of anilines is 1. The Kier molecular flexibility index (Phi) is 3.96. The fourth-order valence-corrected chi connectivity index (χ4v) is 2.88. The minimum atomic E-state index is -4.13. The first-order valence-electron chi connectivity index (χ1n) is 5.26. The van der Waals surface area contributed by atoms with E-state index in [0.29, 0.717) is 16.6 Å². The Morgan fingerprint density at radius 1 is 1.05 bits per heavy atom. The molecule has 0 unspecified atom stereocenters. The first-order valence-corrected chi connectivity index (χ1v) is 7.53. The van der Waals surface area contributed by atoms with Crippen molar-refractivity contribution in [2.75, 3.05) is 4.72 Å². The van der Waals surface area contributed by atoms with Gasteiger partial charge < -0.3 is 5.11 Å². The van der Waals surface area contributed by atoms with Crippen LogP contribution in [0, 0.1) is 11.6 Å². The standard InChI is InChI=1S/C12H8BrF2NO3S/c13-7-1-4-12(17)11(5-7)16-20(18,19)8-2-3-9(14)10(15)6-8/h1-6,16-17H. The first kappa shape index (κ1) is 14.7. The summed E-state index contributed by atoms with van der Waals surface area (Å²) in [4.78, 5) is -0.448. The molecule has 2 aromatic rings. The SMILES string of the molecule is O=S(=O)(Nc1cc(Br)ccc1O)c1ccc(F)c(F)c1. The summed E-state index contributed by atoms with van der Waals surface area (Å²) in [6.45, 7) is 0. The van der Waals surface area contributed by atoms with E-state index in [0.717, 1.165) is 6.07 Å². The van der Waals surface area contributed by atoms with Crippen LogP contribution in [0.5, 0.6) is 5.75 Å². The lowest BCUT2D eigenvalue weighted by atomic mass is 10.3. The molecule has 0 aromatic heterocycles. The zero-order chi connectivity index (χ0) is 14.9. The van der Waals surface area contributed by atoms with E-state index in [-0.39, 0.29) is 11.4 Å². The average Bonchev–Trinajstić information content (AvgIpc) is 2.36. The lowest BCUT2D eigenvalue weighted by Gasteiger charge is -2.10. The topological polar surface area (TPSA) is 66.4 Å². The number of aromatic hydroxyl groups is 1. The Labute approximate surface area is 122 Å². The van der Waals surface area contributed by atoms with Crippen LogP contribution in [0.3, 0.4) is 0 Å². The van der Waals surface area contributed by atoms with E-state index < -0.39 is 26.6 Å². The molecule has 0 fully saturated rings. The third kappa shape index (κ3) is 3.07. The van der Waals surface area contributed by atoms with Crippen LogP contribution in [0.25, 0.3) is 0 Å². The predicted molar refractivity (Wildman–Crippen MR) is 73.0 cm³/mol. The lowest BCUT2D eigenvalue weighted by molar-refractivity contribution is 0.477. The van der Waals surface area contributed by atoms with Gasteiger partial charge in [-0.15, -0.1) is 0 Å². The highest BCUT2D eigenvalue weighted by Crippen LogP contribution is 2.29. The molecule has 106 valence electrons. The Morgan fingerprint density at radius 2 is 1.75 bits per heavy atom. The summed E-state index contributed by atoms with van der Waals surface area (Å²) in [5.41, 5.74) is -0.0795. The van der Waals surface area contributed by atoms with Gasteiger partial charge in [-0.25, -0.2) is 17.2 Å². The molecule has 2 N–H and O–H groups in total. The molecule has 0 aliphatic heterocycles. The van der Waals surface area contributed by atoms with Crippen molar-refractivity contribution in [3.8, 4) is 5.75 Å². The number of phenolic OH excluding ortho intramolecular Hbond substituents is 1. The van der Waals surface area contributed by atoms with Gasteiger partial charge in [-0.05, 0) is 36.4 Å². The molecule has 0 amide bonds. The van der Waals surface area contributed by atoms with Gasteiger partial charge in [0.05, 0.1) is 10.6 Å². The van der Waals surface area contributed by atoms with Crippen molar-refractivity contribution in [1.82, 2.24) is 0 Å². The maximum atomic E-state index is 13.1. The quantitative estimate of drug-likeness (QED) is 0.822. The molecule has 0 aliphatic rings. The highest BCUT2D eigenvalue weighted by Gasteiger charge is 2.18. The normalized spacial score (nSPS) is 11.3. The minimum absolute atomic E-state index is 0.0795. The van der Waals surface area contributed by atoms with Gasteiger partial charge in [-0.2, -0.15) is 0 Å². The summed E-state index contributed by atoms with van der Waals surface area (Å²) >= 11 is 3.13. The van der Waals surface area contributed by atoms with Crippen molar-refractivity contribution in [3.63, 3.8) is 0 Å². The summed E-state index contributed by atoms with van der Waals surface area (Å²) < 4.78 is 52.5. The maximum absolute atomic E-state index is 13.1. The third-order valence-electron chi connectivity index (χ3n) is 2.40. The average molecular weight is 364 g/mol. The van der Waals surface area contributed by atoms with Gasteiger partial charge in [0.25, 0.3) is 10.0 Å². The number of halogens is 3. The molecule has 0 saturated carbocycles. The van der Waals surface area contributed by atoms with Crippen molar-refractivity contribution in [2.24, 2.45) is 0 Å². The van der Waals surface area contributed by atoms with Crippen LogP contribution in [0.4, 0.5) is 14.5 Å². The van der Waals surface area contributed by atoms with E-state index in [9.17, 15) is 22.3 Å². The van der Waals surface area contributed by atoms with Gasteiger partial charge in [0.1, 0.15) is 5.75 Å². The van der Waals surface area contributed by atoms with Crippen molar-refractivity contribution in [2.45, 2.75) is 4.90 Å². The molecule has 2 rings (SSSR count). The molecule has 0 atom stereocenters. The van der Waals surface area contributed by atoms with Crippen LogP contribution in [0.15, 0.2) is 45.8 Å². The maximum Gasteiger partial charge on any atom is 0.262 e. The summed E-state index contributed by atoms with van der Waals surface area (Å²) in [5, 5.41) is 9.56. The molecule has 0 bridgehead atoms. The monoisotopic (exact) mass is 363 g/mol. The zero-order valence-corrected chi connectivity index (χ0v) is 12.2. The predicted octanol–water partition coefficient (Wildman–Crippen LogP) is 3.23. The van der Waals surface area contributed by atoms with E-state index in [1.54, 1.807) is 0 Å².